The smallest absolute Gasteiger partial charge is 0.264 e. The summed E-state index contributed by atoms with van der Waals surface area (Å²) in [6.07, 6.45) is 6.46. The van der Waals surface area contributed by atoms with Crippen molar-refractivity contribution < 1.29 is 0 Å². The lowest BCUT2D eigenvalue weighted by Crippen LogP contribution is -2.32. The summed E-state index contributed by atoms with van der Waals surface area (Å²) < 4.78 is 1.87. The van der Waals surface area contributed by atoms with Crippen LogP contribution in [-0.4, -0.2) is 17.2 Å². The zero-order valence-electron chi connectivity index (χ0n) is 11.2. The first-order chi connectivity index (χ1) is 7.94. The Labute approximate surface area is 107 Å². The molecule has 1 rings (SSSR count). The van der Waals surface area contributed by atoms with Crippen LogP contribution in [0.25, 0.3) is 6.08 Å². The molecule has 0 fully saturated rings. The van der Waals surface area contributed by atoms with Gasteiger partial charge in [-0.1, -0.05) is 18.5 Å². The fourth-order valence-corrected chi connectivity index (χ4v) is 2.54. The van der Waals surface area contributed by atoms with Gasteiger partial charge in [0.2, 0.25) is 0 Å². The molecule has 0 spiro atoms. The summed E-state index contributed by atoms with van der Waals surface area (Å²) >= 11 is 1.52. The molecule has 1 aromatic rings. The Morgan fingerprint density at radius 1 is 1.47 bits per heavy atom. The summed E-state index contributed by atoms with van der Waals surface area (Å²) in [5.41, 5.74) is 0.824. The second-order valence-electron chi connectivity index (χ2n) is 4.61. The van der Waals surface area contributed by atoms with Crippen molar-refractivity contribution in [3.05, 3.63) is 26.9 Å². The van der Waals surface area contributed by atoms with E-state index in [1.54, 1.807) is 13.3 Å². The quantitative estimate of drug-likeness (QED) is 0.758. The molecule has 1 aromatic heterocycles. The first-order valence-corrected chi connectivity index (χ1v) is 6.53. The third-order valence-electron chi connectivity index (χ3n) is 2.96. The van der Waals surface area contributed by atoms with Gasteiger partial charge in [-0.25, -0.2) is 0 Å². The van der Waals surface area contributed by atoms with E-state index in [1.165, 1.54) is 11.5 Å². The Bertz CT molecular complexity index is 492. The van der Waals surface area contributed by atoms with Gasteiger partial charge in [0.1, 0.15) is 0 Å². The number of aromatic nitrogens is 1. The van der Waals surface area contributed by atoms with Gasteiger partial charge in [0, 0.05) is 18.8 Å². The van der Waals surface area contributed by atoms with Crippen molar-refractivity contribution in [1.29, 1.82) is 0 Å². The highest BCUT2D eigenvalue weighted by Crippen LogP contribution is 2.24. The summed E-state index contributed by atoms with van der Waals surface area (Å²) in [4.78, 5) is 17.0. The van der Waals surface area contributed by atoms with E-state index in [-0.39, 0.29) is 11.1 Å². The predicted octanol–water partition coefficient (Wildman–Crippen LogP) is 3.08. The molecule has 0 aliphatic carbocycles. The van der Waals surface area contributed by atoms with Gasteiger partial charge in [-0.3, -0.25) is 13.7 Å². The second kappa shape index (κ2) is 5.45. The molecule has 0 radical (unpaired) electrons. The zero-order valence-corrected chi connectivity index (χ0v) is 12.0. The minimum absolute atomic E-state index is 0.114. The Balaban J connectivity index is 3.22. The van der Waals surface area contributed by atoms with Gasteiger partial charge in [0.15, 0.2) is 0 Å². The number of nitrogens with zero attached hydrogens (tertiary/aromatic N) is 2. The van der Waals surface area contributed by atoms with Crippen LogP contribution >= 0.6 is 11.5 Å². The molecule has 3 nitrogen and oxygen atoms in total. The van der Waals surface area contributed by atoms with Gasteiger partial charge in [-0.2, -0.15) is 0 Å². The number of aliphatic imine (C=N–C) groups is 1. The zero-order chi connectivity index (χ0) is 13.1. The van der Waals surface area contributed by atoms with Crippen LogP contribution in [0, 0.1) is 6.92 Å². The van der Waals surface area contributed by atoms with Crippen LogP contribution in [0.5, 0.6) is 0 Å². The Hall–Kier alpha value is -1.16. The summed E-state index contributed by atoms with van der Waals surface area (Å²) in [7, 11) is 1.73. The van der Waals surface area contributed by atoms with Crippen LogP contribution in [0.3, 0.4) is 0 Å². The number of hydrogen-bond acceptors (Lipinski definition) is 3. The Kier molecular flexibility index (Phi) is 4.46. The van der Waals surface area contributed by atoms with Crippen molar-refractivity contribution in [3.63, 3.8) is 0 Å². The predicted molar refractivity (Wildman–Crippen MR) is 76.4 cm³/mol. The molecule has 0 bridgehead atoms. The molecular formula is C13H20N2OS. The maximum atomic E-state index is 12.1. The lowest BCUT2D eigenvalue weighted by molar-refractivity contribution is 0.360. The number of rotatable bonds is 4. The second-order valence-corrected chi connectivity index (χ2v) is 5.60. The van der Waals surface area contributed by atoms with E-state index in [0.29, 0.717) is 0 Å². The summed E-state index contributed by atoms with van der Waals surface area (Å²) in [5.74, 6) is 0. The number of allylic oxidation sites excluding steroid dienone is 1. The lowest BCUT2D eigenvalue weighted by atomic mass is 10.0. The third kappa shape index (κ3) is 2.94. The van der Waals surface area contributed by atoms with Crippen LogP contribution in [0.2, 0.25) is 0 Å². The normalized spacial score (nSPS) is 13.0. The topological polar surface area (TPSA) is 34.4 Å². The van der Waals surface area contributed by atoms with E-state index in [2.05, 4.69) is 25.8 Å². The van der Waals surface area contributed by atoms with Gasteiger partial charge >= 0.3 is 0 Å². The Morgan fingerprint density at radius 2 is 2.12 bits per heavy atom. The molecule has 0 saturated carbocycles. The molecule has 1 heterocycles. The van der Waals surface area contributed by atoms with E-state index in [1.807, 2.05) is 23.0 Å². The van der Waals surface area contributed by atoms with Crippen molar-refractivity contribution in [1.82, 2.24) is 3.96 Å². The van der Waals surface area contributed by atoms with Crippen molar-refractivity contribution in [2.75, 3.05) is 7.05 Å². The molecule has 0 aliphatic heterocycles. The molecule has 0 amide bonds. The first-order valence-electron chi connectivity index (χ1n) is 5.76. The molecule has 0 saturated heterocycles. The molecular weight excluding hydrogens is 232 g/mol. The average Bonchev–Trinajstić information content (AvgIpc) is 2.58. The van der Waals surface area contributed by atoms with Crippen LogP contribution in [0.15, 0.2) is 15.9 Å². The Morgan fingerprint density at radius 3 is 2.65 bits per heavy atom. The summed E-state index contributed by atoms with van der Waals surface area (Å²) in [5, 5.41) is 0. The maximum absolute atomic E-state index is 12.1. The van der Waals surface area contributed by atoms with Crippen molar-refractivity contribution in [3.8, 4) is 0 Å². The molecule has 0 aromatic carbocycles. The molecule has 17 heavy (non-hydrogen) atoms. The fourth-order valence-electron chi connectivity index (χ4n) is 1.38. The highest BCUT2D eigenvalue weighted by molar-refractivity contribution is 7.07. The highest BCUT2D eigenvalue weighted by atomic mass is 32.1. The highest BCUT2D eigenvalue weighted by Gasteiger charge is 2.22. The minimum atomic E-state index is -0.114. The van der Waals surface area contributed by atoms with Crippen LogP contribution in [0.1, 0.15) is 37.6 Å². The molecule has 0 unspecified atom stereocenters. The maximum Gasteiger partial charge on any atom is 0.264 e. The van der Waals surface area contributed by atoms with Crippen LogP contribution in [0.4, 0.5) is 0 Å². The SMILES string of the molecule is CCC(C)(C)n1sc(/C=C\C=NC)c(C)c1=O. The van der Waals surface area contributed by atoms with E-state index >= 15 is 0 Å². The van der Waals surface area contributed by atoms with Gasteiger partial charge < -0.3 is 0 Å². The van der Waals surface area contributed by atoms with E-state index in [0.717, 1.165) is 16.9 Å². The molecule has 94 valence electrons. The van der Waals surface area contributed by atoms with Crippen LogP contribution < -0.4 is 5.56 Å². The molecule has 4 heteroatoms. The van der Waals surface area contributed by atoms with Gasteiger partial charge in [-0.15, -0.1) is 0 Å². The monoisotopic (exact) mass is 252 g/mol. The van der Waals surface area contributed by atoms with Gasteiger partial charge in [0.25, 0.3) is 5.56 Å². The van der Waals surface area contributed by atoms with Gasteiger partial charge in [-0.05, 0) is 39.3 Å². The first kappa shape index (κ1) is 13.9. The molecule has 0 N–H and O–H groups in total. The van der Waals surface area contributed by atoms with Crippen LogP contribution in [-0.2, 0) is 5.54 Å². The summed E-state index contributed by atoms with van der Waals surface area (Å²) in [6, 6.07) is 0. The summed E-state index contributed by atoms with van der Waals surface area (Å²) in [6.45, 7) is 8.15. The fraction of sp³-hybridized carbons (Fsp3) is 0.538. The van der Waals surface area contributed by atoms with E-state index < -0.39 is 0 Å². The van der Waals surface area contributed by atoms with Crippen molar-refractivity contribution >= 4 is 23.8 Å². The van der Waals surface area contributed by atoms with Crippen molar-refractivity contribution in [2.24, 2.45) is 4.99 Å². The standard InChI is InChI=1S/C13H20N2OS/c1-6-13(3,4)15-12(16)10(2)11(17-15)8-7-9-14-5/h7-9H,6H2,1-5H3/b8-7-,14-9?. The molecule has 0 atom stereocenters. The van der Waals surface area contributed by atoms with Crippen molar-refractivity contribution in [2.45, 2.75) is 39.7 Å². The van der Waals surface area contributed by atoms with E-state index in [9.17, 15) is 4.79 Å². The van der Waals surface area contributed by atoms with E-state index in [4.69, 9.17) is 0 Å². The van der Waals surface area contributed by atoms with Gasteiger partial charge in [0.05, 0.1) is 10.4 Å². The minimum Gasteiger partial charge on any atom is -0.297 e. The lowest BCUT2D eigenvalue weighted by Gasteiger charge is -2.22. The molecule has 0 aliphatic rings. The third-order valence-corrected chi connectivity index (χ3v) is 4.44. The number of hydrogen-bond donors (Lipinski definition) is 0. The largest absolute Gasteiger partial charge is 0.297 e. The average molecular weight is 252 g/mol.